The van der Waals surface area contributed by atoms with E-state index in [-0.39, 0.29) is 48.0 Å². The first-order valence-corrected chi connectivity index (χ1v) is 33.3. The third-order valence-electron chi connectivity index (χ3n) is 16.9. The molecule has 0 aliphatic heterocycles. The molecule has 426 valence electrons. The predicted molar refractivity (Wildman–Crippen MR) is 314 cm³/mol. The van der Waals surface area contributed by atoms with Crippen LogP contribution in [0.2, 0.25) is 0 Å². The van der Waals surface area contributed by atoms with Crippen LogP contribution in [0.4, 0.5) is 0 Å². The van der Waals surface area contributed by atoms with Gasteiger partial charge in [-0.15, -0.1) is 0 Å². The molecule has 70 heavy (non-hydrogen) atoms. The lowest BCUT2D eigenvalue weighted by molar-refractivity contribution is -0.929. The summed E-state index contributed by atoms with van der Waals surface area (Å²) in [6.45, 7) is 26.0. The SMILES string of the molecule is CCCCCCCCCC[N+](CCCCCCCCCC)(CCCCCCCCCC)CCCCCC[N+](CCCCCCCCCC)(CCCCCCCCCC)CCCCCCCCCC.[I-].[I-]. The van der Waals surface area contributed by atoms with Crippen LogP contribution in [-0.4, -0.2) is 61.3 Å². The molecule has 0 rings (SSSR count). The lowest BCUT2D eigenvalue weighted by Crippen LogP contribution is -3.00. The molecule has 0 saturated carbocycles. The number of nitrogens with zero attached hydrogens (tertiary/aromatic N) is 2. The average molecular weight is 1210 g/mol. The molecule has 0 aliphatic carbocycles. The molecule has 4 heteroatoms. The first-order valence-electron chi connectivity index (χ1n) is 33.3. The fourth-order valence-corrected chi connectivity index (χ4v) is 12.1. The molecule has 0 amide bonds. The quantitative estimate of drug-likeness (QED) is 0.0323. The highest BCUT2D eigenvalue weighted by atomic mass is 127. The van der Waals surface area contributed by atoms with Crippen molar-refractivity contribution in [2.45, 2.75) is 375 Å². The molecule has 2 nitrogen and oxygen atoms in total. The van der Waals surface area contributed by atoms with E-state index < -0.39 is 0 Å². The van der Waals surface area contributed by atoms with Crippen molar-refractivity contribution in [3.63, 3.8) is 0 Å². The molecule has 0 heterocycles. The van der Waals surface area contributed by atoms with Gasteiger partial charge in [0.2, 0.25) is 0 Å². The van der Waals surface area contributed by atoms with Crippen LogP contribution in [0.5, 0.6) is 0 Å². The number of rotatable bonds is 61. The molecule has 0 aromatic carbocycles. The number of hydrogen-bond acceptors (Lipinski definition) is 0. The van der Waals surface area contributed by atoms with Crippen molar-refractivity contribution in [2.24, 2.45) is 0 Å². The minimum absolute atomic E-state index is 0. The van der Waals surface area contributed by atoms with Crippen molar-refractivity contribution in [3.05, 3.63) is 0 Å². The summed E-state index contributed by atoms with van der Waals surface area (Å²) in [6, 6.07) is 0. The molecular weight excluding hydrogens is 1070 g/mol. The van der Waals surface area contributed by atoms with E-state index >= 15 is 0 Å². The smallest absolute Gasteiger partial charge is 0.0786 e. The van der Waals surface area contributed by atoms with E-state index in [1.807, 2.05) is 0 Å². The van der Waals surface area contributed by atoms with Crippen molar-refractivity contribution in [1.29, 1.82) is 0 Å². The highest BCUT2D eigenvalue weighted by Crippen LogP contribution is 2.24. The Morgan fingerprint density at radius 3 is 0.314 bits per heavy atom. The largest absolute Gasteiger partial charge is 1.00 e. The highest BCUT2D eigenvalue weighted by Gasteiger charge is 2.28. The Bertz CT molecular complexity index is 738. The number of quaternary nitrogens is 2. The molecule has 0 saturated heterocycles. The Morgan fingerprint density at radius 2 is 0.214 bits per heavy atom. The second-order valence-corrected chi connectivity index (χ2v) is 23.7. The van der Waals surface area contributed by atoms with Crippen LogP contribution in [0.1, 0.15) is 375 Å². The summed E-state index contributed by atoms with van der Waals surface area (Å²) in [4.78, 5) is 0. The second-order valence-electron chi connectivity index (χ2n) is 23.7. The third kappa shape index (κ3) is 52.8. The number of unbranched alkanes of at least 4 members (excludes halogenated alkanes) is 45. The molecule has 0 N–H and O–H groups in total. The fourth-order valence-electron chi connectivity index (χ4n) is 12.1. The maximum absolute atomic E-state index is 2.36. The van der Waals surface area contributed by atoms with Gasteiger partial charge in [-0.25, -0.2) is 0 Å². The van der Waals surface area contributed by atoms with Gasteiger partial charge in [0.15, 0.2) is 0 Å². The molecule has 0 atom stereocenters. The summed E-state index contributed by atoms with van der Waals surface area (Å²) >= 11 is 0. The molecule has 0 fully saturated rings. The molecular formula is C66H138I2N2. The molecule has 0 aromatic rings. The average Bonchev–Trinajstić information content (AvgIpc) is 3.35. The van der Waals surface area contributed by atoms with Gasteiger partial charge in [0.25, 0.3) is 0 Å². The summed E-state index contributed by atoms with van der Waals surface area (Å²) < 4.78 is 2.97. The van der Waals surface area contributed by atoms with Crippen LogP contribution in [0.25, 0.3) is 0 Å². The van der Waals surface area contributed by atoms with E-state index in [0.717, 1.165) is 0 Å². The zero-order valence-corrected chi connectivity index (χ0v) is 54.4. The summed E-state index contributed by atoms with van der Waals surface area (Å²) in [5, 5.41) is 0. The summed E-state index contributed by atoms with van der Waals surface area (Å²) in [7, 11) is 0. The van der Waals surface area contributed by atoms with Crippen LogP contribution in [0.15, 0.2) is 0 Å². The fraction of sp³-hybridized carbons (Fsp3) is 1.00. The van der Waals surface area contributed by atoms with Crippen molar-refractivity contribution >= 4 is 0 Å². The van der Waals surface area contributed by atoms with E-state index in [9.17, 15) is 0 Å². The Morgan fingerprint density at radius 1 is 0.129 bits per heavy atom. The summed E-state index contributed by atoms with van der Waals surface area (Å²) in [5.74, 6) is 0. The third-order valence-corrected chi connectivity index (χ3v) is 16.9. The topological polar surface area (TPSA) is 0 Å². The van der Waals surface area contributed by atoms with E-state index in [2.05, 4.69) is 41.5 Å². The van der Waals surface area contributed by atoms with Gasteiger partial charge >= 0.3 is 0 Å². The molecule has 0 spiro atoms. The molecule has 0 bridgehead atoms. The lowest BCUT2D eigenvalue weighted by atomic mass is 10.0. The van der Waals surface area contributed by atoms with Crippen LogP contribution in [0.3, 0.4) is 0 Å². The predicted octanol–water partition coefficient (Wildman–Crippen LogP) is 17.0. The van der Waals surface area contributed by atoms with Gasteiger partial charge in [-0.2, -0.15) is 0 Å². The molecule has 0 radical (unpaired) electrons. The maximum Gasteiger partial charge on any atom is 0.0786 e. The van der Waals surface area contributed by atoms with E-state index in [4.69, 9.17) is 0 Å². The first kappa shape index (κ1) is 75.6. The molecule has 0 unspecified atom stereocenters. The van der Waals surface area contributed by atoms with Gasteiger partial charge in [-0.1, -0.05) is 273 Å². The lowest BCUT2D eigenvalue weighted by Gasteiger charge is -2.40. The van der Waals surface area contributed by atoms with E-state index in [1.54, 1.807) is 0 Å². The number of hydrogen-bond donors (Lipinski definition) is 0. The summed E-state index contributed by atoms with van der Waals surface area (Å²) in [5.41, 5.74) is 0. The van der Waals surface area contributed by atoms with Gasteiger partial charge in [-0.3, -0.25) is 0 Å². The van der Waals surface area contributed by atoms with Gasteiger partial charge in [0, 0.05) is 0 Å². The van der Waals surface area contributed by atoms with Crippen LogP contribution in [-0.2, 0) is 0 Å². The highest BCUT2D eigenvalue weighted by molar-refractivity contribution is 4.59. The van der Waals surface area contributed by atoms with Gasteiger partial charge in [0.1, 0.15) is 0 Å². The van der Waals surface area contributed by atoms with Crippen molar-refractivity contribution < 1.29 is 56.9 Å². The van der Waals surface area contributed by atoms with E-state index in [0.29, 0.717) is 0 Å². The zero-order chi connectivity index (χ0) is 49.4. The van der Waals surface area contributed by atoms with Crippen LogP contribution < -0.4 is 48.0 Å². The van der Waals surface area contributed by atoms with Crippen molar-refractivity contribution in [2.75, 3.05) is 52.4 Å². The Labute approximate surface area is 481 Å². The standard InChI is InChI=1S/C66H138N2.2HI/c1-7-13-19-25-31-37-43-51-59-67(60-52-44-38-32-26-20-14-8-2,61-53-45-39-33-27-21-15-9-3)65-57-49-50-58-66-68(62-54-46-40-34-28-22-16-10-4,63-55-47-41-35-29-23-17-11-5)64-56-48-42-36-30-24-18-12-6;;/h7-66H2,1-6H3;2*1H/q+2;;/p-2. The Kier molecular flexibility index (Phi) is 68.0. The summed E-state index contributed by atoms with van der Waals surface area (Å²) in [6.07, 6.45) is 76.0. The van der Waals surface area contributed by atoms with Gasteiger partial charge in [-0.05, 0) is 103 Å². The number of halogens is 2. The normalized spacial score (nSPS) is 11.9. The molecule has 0 aromatic heterocycles. The monoisotopic (exact) mass is 1210 g/mol. The maximum atomic E-state index is 2.36. The first-order chi connectivity index (χ1) is 33.6. The minimum atomic E-state index is 0. The van der Waals surface area contributed by atoms with Crippen molar-refractivity contribution in [1.82, 2.24) is 0 Å². The van der Waals surface area contributed by atoms with Crippen LogP contribution >= 0.6 is 0 Å². The Balaban J connectivity index is -0.0000224. The van der Waals surface area contributed by atoms with Gasteiger partial charge < -0.3 is 56.9 Å². The Hall–Kier alpha value is 1.38. The minimum Gasteiger partial charge on any atom is -1.00 e. The van der Waals surface area contributed by atoms with Gasteiger partial charge in [0.05, 0.1) is 52.4 Å². The van der Waals surface area contributed by atoms with E-state index in [1.165, 1.54) is 395 Å². The van der Waals surface area contributed by atoms with Crippen molar-refractivity contribution in [3.8, 4) is 0 Å². The second kappa shape index (κ2) is 62.9. The zero-order valence-electron chi connectivity index (χ0n) is 50.1. The molecule has 0 aliphatic rings. The van der Waals surface area contributed by atoms with Crippen LogP contribution in [0, 0.1) is 0 Å².